The van der Waals surface area contributed by atoms with Crippen LogP contribution in [-0.2, 0) is 19.4 Å². The molecule has 2 aromatic heterocycles. The molecule has 4 aromatic rings. The van der Waals surface area contributed by atoms with Gasteiger partial charge in [0, 0.05) is 5.56 Å². The van der Waals surface area contributed by atoms with Crippen LogP contribution in [0.3, 0.4) is 0 Å². The number of methoxy groups -OCH3 is 1. The number of thiazole rings is 1. The van der Waals surface area contributed by atoms with Crippen LogP contribution in [-0.4, -0.2) is 18.0 Å². The van der Waals surface area contributed by atoms with Crippen molar-refractivity contribution in [2.24, 2.45) is 0 Å². The number of ether oxygens (including phenoxy) is 1. The maximum Gasteiger partial charge on any atom is 0.260 e. The van der Waals surface area contributed by atoms with Crippen molar-refractivity contribution >= 4 is 32.6 Å². The molecule has 0 aliphatic heterocycles. The molecule has 158 valence electrons. The molecule has 2 aromatic carbocycles. The molecule has 1 aliphatic rings. The second kappa shape index (κ2) is 8.19. The number of rotatable bonds is 5. The van der Waals surface area contributed by atoms with E-state index in [0.717, 1.165) is 28.6 Å². The molecule has 0 unspecified atom stereocenters. The van der Waals surface area contributed by atoms with E-state index in [1.54, 1.807) is 18.3 Å². The summed E-state index contributed by atoms with van der Waals surface area (Å²) in [6.07, 6.45) is 6.15. The molecular formula is C25H24N2O3S. The molecule has 2 heterocycles. The van der Waals surface area contributed by atoms with Gasteiger partial charge in [-0.05, 0) is 79.6 Å². The summed E-state index contributed by atoms with van der Waals surface area (Å²) < 4.78 is 12.1. The van der Waals surface area contributed by atoms with Gasteiger partial charge in [0.05, 0.1) is 24.6 Å². The van der Waals surface area contributed by atoms with E-state index >= 15 is 0 Å². The van der Waals surface area contributed by atoms with Crippen molar-refractivity contribution in [3.05, 3.63) is 76.7 Å². The monoisotopic (exact) mass is 432 g/mol. The highest BCUT2D eigenvalue weighted by Crippen LogP contribution is 2.37. The lowest BCUT2D eigenvalue weighted by molar-refractivity contribution is 0.0983. The van der Waals surface area contributed by atoms with Gasteiger partial charge in [-0.15, -0.1) is 0 Å². The third kappa shape index (κ3) is 3.72. The molecule has 5 rings (SSSR count). The van der Waals surface area contributed by atoms with Gasteiger partial charge >= 0.3 is 0 Å². The molecule has 0 N–H and O–H groups in total. The molecule has 5 nitrogen and oxygen atoms in total. The van der Waals surface area contributed by atoms with Crippen molar-refractivity contribution < 1.29 is 13.9 Å². The summed E-state index contributed by atoms with van der Waals surface area (Å²) >= 11 is 1.51. The van der Waals surface area contributed by atoms with Crippen molar-refractivity contribution in [3.8, 4) is 5.75 Å². The molecule has 0 spiro atoms. The van der Waals surface area contributed by atoms with Crippen LogP contribution in [0, 0.1) is 6.92 Å². The number of furan rings is 1. The Bertz CT molecular complexity index is 1240. The highest BCUT2D eigenvalue weighted by Gasteiger charge is 2.25. The van der Waals surface area contributed by atoms with Gasteiger partial charge in [0.25, 0.3) is 5.91 Å². The van der Waals surface area contributed by atoms with Crippen molar-refractivity contribution in [2.75, 3.05) is 12.0 Å². The molecule has 0 atom stereocenters. The van der Waals surface area contributed by atoms with Crippen molar-refractivity contribution in [2.45, 2.75) is 39.2 Å². The fourth-order valence-corrected chi connectivity index (χ4v) is 5.23. The summed E-state index contributed by atoms with van der Waals surface area (Å²) in [5.41, 5.74) is 5.23. The average Bonchev–Trinajstić information content (AvgIpc) is 3.47. The summed E-state index contributed by atoms with van der Waals surface area (Å²) in [5.74, 6) is 1.36. The zero-order valence-electron chi connectivity index (χ0n) is 17.7. The highest BCUT2D eigenvalue weighted by molar-refractivity contribution is 7.22. The van der Waals surface area contributed by atoms with Gasteiger partial charge in [-0.1, -0.05) is 23.5 Å². The number of nitrogens with zero attached hydrogens (tertiary/aromatic N) is 2. The molecule has 0 fully saturated rings. The number of aromatic nitrogens is 1. The Morgan fingerprint density at radius 1 is 1.16 bits per heavy atom. The van der Waals surface area contributed by atoms with E-state index in [-0.39, 0.29) is 5.91 Å². The first-order chi connectivity index (χ1) is 15.1. The lowest BCUT2D eigenvalue weighted by Crippen LogP contribution is -2.30. The number of benzene rings is 2. The van der Waals surface area contributed by atoms with Crippen LogP contribution >= 0.6 is 11.3 Å². The zero-order chi connectivity index (χ0) is 21.4. The van der Waals surface area contributed by atoms with E-state index in [2.05, 4.69) is 12.1 Å². The van der Waals surface area contributed by atoms with E-state index in [1.165, 1.54) is 35.3 Å². The zero-order valence-corrected chi connectivity index (χ0v) is 18.5. The van der Waals surface area contributed by atoms with Gasteiger partial charge in [-0.3, -0.25) is 9.69 Å². The largest absolute Gasteiger partial charge is 0.494 e. The molecule has 0 bridgehead atoms. The first-order valence-electron chi connectivity index (χ1n) is 10.5. The average molecular weight is 433 g/mol. The quantitative estimate of drug-likeness (QED) is 0.392. The van der Waals surface area contributed by atoms with E-state index in [1.807, 2.05) is 37.3 Å². The van der Waals surface area contributed by atoms with E-state index in [0.29, 0.717) is 28.7 Å². The van der Waals surface area contributed by atoms with Gasteiger partial charge in [0.1, 0.15) is 17.0 Å². The van der Waals surface area contributed by atoms with E-state index < -0.39 is 0 Å². The minimum absolute atomic E-state index is 0.0690. The number of aryl methyl sites for hydroxylation is 3. The molecule has 0 radical (unpaired) electrons. The SMILES string of the molecule is COc1ccc(C)c2sc(N(Cc3ccco3)C(=O)c3ccc4c(c3)CCCC4)nc12. The number of hydrogen-bond acceptors (Lipinski definition) is 5. The van der Waals surface area contributed by atoms with E-state index in [9.17, 15) is 4.79 Å². The number of anilines is 1. The Balaban J connectivity index is 1.58. The standard InChI is InChI=1S/C25H24N2O3S/c1-16-9-12-21(29-2)22-23(16)31-25(26-22)27(15-20-8-5-13-30-20)24(28)19-11-10-17-6-3-4-7-18(17)14-19/h5,8-14H,3-4,6-7,15H2,1-2H3. The van der Waals surface area contributed by atoms with Crippen LogP contribution in [0.1, 0.15) is 45.7 Å². The van der Waals surface area contributed by atoms with Crippen LogP contribution in [0.5, 0.6) is 5.75 Å². The maximum absolute atomic E-state index is 13.7. The molecule has 1 amide bonds. The molecule has 31 heavy (non-hydrogen) atoms. The van der Waals surface area contributed by atoms with Gasteiger partial charge in [0.2, 0.25) is 0 Å². The lowest BCUT2D eigenvalue weighted by Gasteiger charge is -2.21. The summed E-state index contributed by atoms with van der Waals surface area (Å²) in [4.78, 5) is 20.2. The molecular weight excluding hydrogens is 408 g/mol. The lowest BCUT2D eigenvalue weighted by atomic mass is 9.90. The minimum atomic E-state index is -0.0690. The number of carbonyl (C=O) groups excluding carboxylic acids is 1. The van der Waals surface area contributed by atoms with Crippen LogP contribution in [0.2, 0.25) is 0 Å². The highest BCUT2D eigenvalue weighted by atomic mass is 32.1. The van der Waals surface area contributed by atoms with Gasteiger partial charge in [-0.25, -0.2) is 4.98 Å². The maximum atomic E-state index is 13.7. The second-order valence-electron chi connectivity index (χ2n) is 7.92. The summed E-state index contributed by atoms with van der Waals surface area (Å²) in [6, 6.07) is 13.8. The Morgan fingerprint density at radius 2 is 2.00 bits per heavy atom. The Labute approximate surface area is 185 Å². The van der Waals surface area contributed by atoms with Crippen LogP contribution < -0.4 is 9.64 Å². The van der Waals surface area contributed by atoms with Gasteiger partial charge in [0.15, 0.2) is 5.13 Å². The van der Waals surface area contributed by atoms with Gasteiger partial charge in [-0.2, -0.15) is 0 Å². The molecule has 1 aliphatic carbocycles. The smallest absolute Gasteiger partial charge is 0.260 e. The first-order valence-corrected chi connectivity index (χ1v) is 11.4. The number of hydrogen-bond donors (Lipinski definition) is 0. The normalized spacial score (nSPS) is 13.2. The predicted octanol–water partition coefficient (Wildman–Crippen LogP) is 5.93. The summed E-state index contributed by atoms with van der Waals surface area (Å²) in [5, 5.41) is 0.640. The Morgan fingerprint density at radius 3 is 2.77 bits per heavy atom. The number of amides is 1. The minimum Gasteiger partial charge on any atom is -0.494 e. The van der Waals surface area contributed by atoms with E-state index in [4.69, 9.17) is 14.1 Å². The van der Waals surface area contributed by atoms with Gasteiger partial charge < -0.3 is 9.15 Å². The Kier molecular flexibility index (Phi) is 5.24. The second-order valence-corrected chi connectivity index (χ2v) is 8.90. The molecule has 0 saturated heterocycles. The van der Waals surface area contributed by atoms with Crippen LogP contribution in [0.25, 0.3) is 10.2 Å². The molecule has 0 saturated carbocycles. The Hall–Kier alpha value is -3.12. The third-order valence-electron chi connectivity index (χ3n) is 5.88. The fourth-order valence-electron chi connectivity index (χ4n) is 4.19. The third-order valence-corrected chi connectivity index (χ3v) is 7.09. The first kappa shape index (κ1) is 19.8. The topological polar surface area (TPSA) is 55.6 Å². The van der Waals surface area contributed by atoms with Crippen molar-refractivity contribution in [1.29, 1.82) is 0 Å². The van der Waals surface area contributed by atoms with Crippen molar-refractivity contribution in [1.82, 2.24) is 4.98 Å². The van der Waals surface area contributed by atoms with Crippen LogP contribution in [0.4, 0.5) is 5.13 Å². The van der Waals surface area contributed by atoms with Crippen LogP contribution in [0.15, 0.2) is 53.1 Å². The summed E-state index contributed by atoms with van der Waals surface area (Å²) in [7, 11) is 1.64. The van der Waals surface area contributed by atoms with Crippen molar-refractivity contribution in [3.63, 3.8) is 0 Å². The number of fused-ring (bicyclic) bond motifs is 2. The predicted molar refractivity (Wildman–Crippen MR) is 123 cm³/mol. The number of carbonyl (C=O) groups is 1. The summed E-state index contributed by atoms with van der Waals surface area (Å²) in [6.45, 7) is 2.37. The fraction of sp³-hybridized carbons (Fsp3) is 0.280. The molecule has 6 heteroatoms.